The molecule has 102 valence electrons. The fourth-order valence-corrected chi connectivity index (χ4v) is 2.89. The number of aryl methyl sites for hydroxylation is 1. The molecule has 20 heavy (non-hydrogen) atoms. The zero-order chi connectivity index (χ0) is 14.1. The van der Waals surface area contributed by atoms with Gasteiger partial charge in [-0.15, -0.1) is 0 Å². The van der Waals surface area contributed by atoms with Crippen molar-refractivity contribution >= 4 is 26.8 Å². The monoisotopic (exact) mass is 329 g/mol. The first-order chi connectivity index (χ1) is 9.67. The van der Waals surface area contributed by atoms with Gasteiger partial charge in [-0.3, -0.25) is 0 Å². The predicted octanol–water partition coefficient (Wildman–Crippen LogP) is 4.77. The van der Waals surface area contributed by atoms with Crippen LogP contribution in [0, 0.1) is 6.92 Å². The van der Waals surface area contributed by atoms with E-state index < -0.39 is 0 Å². The molecule has 0 saturated heterocycles. The zero-order valence-electron chi connectivity index (χ0n) is 11.6. The topological polar surface area (TPSA) is 14.2 Å². The number of ether oxygens (including phenoxy) is 1. The van der Waals surface area contributed by atoms with Crippen molar-refractivity contribution in [1.82, 2.24) is 4.57 Å². The summed E-state index contributed by atoms with van der Waals surface area (Å²) in [6, 6.07) is 14.8. The van der Waals surface area contributed by atoms with Gasteiger partial charge in [-0.2, -0.15) is 0 Å². The minimum absolute atomic E-state index is 0.801. The van der Waals surface area contributed by atoms with Gasteiger partial charge < -0.3 is 9.30 Å². The van der Waals surface area contributed by atoms with Crippen LogP contribution in [0.5, 0.6) is 5.75 Å². The van der Waals surface area contributed by atoms with E-state index in [-0.39, 0.29) is 0 Å². The van der Waals surface area contributed by atoms with E-state index in [0.29, 0.717) is 0 Å². The fraction of sp³-hybridized carbons (Fsp3) is 0.176. The smallest absolute Gasteiger partial charge is 0.123 e. The summed E-state index contributed by atoms with van der Waals surface area (Å²) in [7, 11) is 1.71. The molecule has 1 aromatic heterocycles. The second-order valence-electron chi connectivity index (χ2n) is 4.96. The number of nitrogens with zero attached hydrogens (tertiary/aromatic N) is 1. The molecule has 0 amide bonds. The van der Waals surface area contributed by atoms with Gasteiger partial charge in [0.1, 0.15) is 5.75 Å². The fourth-order valence-electron chi connectivity index (χ4n) is 2.49. The first-order valence-electron chi connectivity index (χ1n) is 6.55. The Labute approximate surface area is 127 Å². The van der Waals surface area contributed by atoms with Gasteiger partial charge in [-0.1, -0.05) is 28.1 Å². The third-order valence-corrected chi connectivity index (χ3v) is 4.01. The summed E-state index contributed by atoms with van der Waals surface area (Å²) in [5, 5.41) is 1.27. The number of methoxy groups -OCH3 is 1. The molecule has 3 rings (SSSR count). The average molecular weight is 330 g/mol. The molecular formula is C17H16BrNO. The lowest BCUT2D eigenvalue weighted by atomic mass is 10.1. The van der Waals surface area contributed by atoms with Crippen molar-refractivity contribution < 1.29 is 4.74 Å². The number of halogens is 1. The maximum Gasteiger partial charge on any atom is 0.123 e. The zero-order valence-corrected chi connectivity index (χ0v) is 13.1. The van der Waals surface area contributed by atoms with E-state index in [1.165, 1.54) is 22.0 Å². The van der Waals surface area contributed by atoms with Gasteiger partial charge in [0.2, 0.25) is 0 Å². The van der Waals surface area contributed by atoms with Crippen molar-refractivity contribution in [3.63, 3.8) is 0 Å². The van der Waals surface area contributed by atoms with E-state index in [9.17, 15) is 0 Å². The SMILES string of the molecule is COc1ccc(Br)cc1Cn1ccc2ccc(C)cc21. The molecule has 0 aliphatic heterocycles. The predicted molar refractivity (Wildman–Crippen MR) is 86.5 cm³/mol. The van der Waals surface area contributed by atoms with E-state index in [1.807, 2.05) is 12.1 Å². The molecule has 0 N–H and O–H groups in total. The van der Waals surface area contributed by atoms with Crippen LogP contribution in [0.2, 0.25) is 0 Å². The van der Waals surface area contributed by atoms with Gasteiger partial charge in [-0.05, 0) is 48.2 Å². The van der Waals surface area contributed by atoms with Crippen molar-refractivity contribution in [2.45, 2.75) is 13.5 Å². The minimum Gasteiger partial charge on any atom is -0.496 e. The third-order valence-electron chi connectivity index (χ3n) is 3.51. The molecular weight excluding hydrogens is 314 g/mol. The summed E-state index contributed by atoms with van der Waals surface area (Å²) >= 11 is 3.53. The maximum absolute atomic E-state index is 5.45. The van der Waals surface area contributed by atoms with E-state index in [2.05, 4.69) is 63.9 Å². The molecule has 0 atom stereocenters. The Morgan fingerprint density at radius 2 is 1.95 bits per heavy atom. The Morgan fingerprint density at radius 1 is 1.10 bits per heavy atom. The molecule has 0 spiro atoms. The van der Waals surface area contributed by atoms with E-state index in [1.54, 1.807) is 7.11 Å². The molecule has 1 heterocycles. The van der Waals surface area contributed by atoms with Crippen LogP contribution in [-0.2, 0) is 6.54 Å². The van der Waals surface area contributed by atoms with E-state index in [0.717, 1.165) is 16.8 Å². The number of aromatic nitrogens is 1. The Balaban J connectivity index is 2.05. The van der Waals surface area contributed by atoms with Crippen LogP contribution in [0.25, 0.3) is 10.9 Å². The highest BCUT2D eigenvalue weighted by molar-refractivity contribution is 9.10. The molecule has 0 bridgehead atoms. The molecule has 2 aromatic carbocycles. The number of hydrogen-bond donors (Lipinski definition) is 0. The lowest BCUT2D eigenvalue weighted by Crippen LogP contribution is -2.00. The summed E-state index contributed by atoms with van der Waals surface area (Å²) in [6.07, 6.45) is 2.13. The summed E-state index contributed by atoms with van der Waals surface area (Å²) in [5.74, 6) is 0.919. The third kappa shape index (κ3) is 2.46. The van der Waals surface area contributed by atoms with E-state index in [4.69, 9.17) is 4.74 Å². The highest BCUT2D eigenvalue weighted by Gasteiger charge is 2.07. The van der Waals surface area contributed by atoms with Crippen molar-refractivity contribution in [2.24, 2.45) is 0 Å². The highest BCUT2D eigenvalue weighted by Crippen LogP contribution is 2.26. The van der Waals surface area contributed by atoms with Crippen LogP contribution in [-0.4, -0.2) is 11.7 Å². The van der Waals surface area contributed by atoms with Gasteiger partial charge >= 0.3 is 0 Å². The molecule has 0 aliphatic carbocycles. The van der Waals surface area contributed by atoms with Gasteiger partial charge in [-0.25, -0.2) is 0 Å². The first-order valence-corrected chi connectivity index (χ1v) is 7.34. The largest absolute Gasteiger partial charge is 0.496 e. The summed E-state index contributed by atoms with van der Waals surface area (Å²) in [4.78, 5) is 0. The standard InChI is InChI=1S/C17H16BrNO/c1-12-3-4-13-7-8-19(16(13)9-12)11-14-10-15(18)5-6-17(14)20-2/h3-10H,11H2,1-2H3. The number of hydrogen-bond acceptors (Lipinski definition) is 1. The van der Waals surface area contributed by atoms with E-state index >= 15 is 0 Å². The number of benzene rings is 2. The van der Waals surface area contributed by atoms with Gasteiger partial charge in [0.15, 0.2) is 0 Å². The van der Waals surface area contributed by atoms with Crippen LogP contribution in [0.4, 0.5) is 0 Å². The second kappa shape index (κ2) is 5.33. The molecule has 3 heteroatoms. The summed E-state index contributed by atoms with van der Waals surface area (Å²) in [5.41, 5.74) is 3.70. The Kier molecular flexibility index (Phi) is 3.53. The maximum atomic E-state index is 5.45. The second-order valence-corrected chi connectivity index (χ2v) is 5.88. The molecule has 3 aromatic rings. The quantitative estimate of drug-likeness (QED) is 0.675. The van der Waals surface area contributed by atoms with Crippen molar-refractivity contribution in [2.75, 3.05) is 7.11 Å². The first kappa shape index (κ1) is 13.3. The molecule has 0 radical (unpaired) electrons. The van der Waals surface area contributed by atoms with Crippen molar-refractivity contribution in [3.05, 3.63) is 64.3 Å². The lowest BCUT2D eigenvalue weighted by Gasteiger charge is -2.11. The van der Waals surface area contributed by atoms with Crippen LogP contribution < -0.4 is 4.74 Å². The Morgan fingerprint density at radius 3 is 2.75 bits per heavy atom. The molecule has 2 nitrogen and oxygen atoms in total. The van der Waals surface area contributed by atoms with Gasteiger partial charge in [0, 0.05) is 21.7 Å². The molecule has 0 unspecified atom stereocenters. The van der Waals surface area contributed by atoms with Gasteiger partial charge in [0.05, 0.1) is 13.7 Å². The number of rotatable bonds is 3. The molecule has 0 aliphatic rings. The lowest BCUT2D eigenvalue weighted by molar-refractivity contribution is 0.408. The Hall–Kier alpha value is -1.74. The summed E-state index contributed by atoms with van der Waals surface area (Å²) in [6.45, 7) is 2.92. The normalized spacial score (nSPS) is 10.9. The average Bonchev–Trinajstić information content (AvgIpc) is 2.82. The molecule has 0 saturated carbocycles. The van der Waals surface area contributed by atoms with Gasteiger partial charge in [0.25, 0.3) is 0 Å². The molecule has 0 fully saturated rings. The minimum atomic E-state index is 0.801. The van der Waals surface area contributed by atoms with Crippen LogP contribution in [0.1, 0.15) is 11.1 Å². The van der Waals surface area contributed by atoms with Crippen LogP contribution >= 0.6 is 15.9 Å². The highest BCUT2D eigenvalue weighted by atomic mass is 79.9. The number of fused-ring (bicyclic) bond motifs is 1. The van der Waals surface area contributed by atoms with Crippen LogP contribution in [0.15, 0.2) is 53.1 Å². The Bertz CT molecular complexity index is 761. The van der Waals surface area contributed by atoms with Crippen molar-refractivity contribution in [1.29, 1.82) is 0 Å². The summed E-state index contributed by atoms with van der Waals surface area (Å²) < 4.78 is 8.78. The van der Waals surface area contributed by atoms with Crippen molar-refractivity contribution in [3.8, 4) is 5.75 Å². The van der Waals surface area contributed by atoms with Crippen LogP contribution in [0.3, 0.4) is 0 Å².